The van der Waals surface area contributed by atoms with Crippen molar-refractivity contribution in [1.82, 2.24) is 9.55 Å². The van der Waals surface area contributed by atoms with Crippen molar-refractivity contribution in [2.75, 3.05) is 0 Å². The number of nitrogens with zero attached hydrogens (tertiary/aromatic N) is 2. The Bertz CT molecular complexity index is 1180. The summed E-state index contributed by atoms with van der Waals surface area (Å²) in [6.45, 7) is 0. The van der Waals surface area contributed by atoms with E-state index >= 15 is 0 Å². The number of allylic oxidation sites excluding steroid dienone is 6. The molecule has 1 unspecified atom stereocenters. The zero-order valence-corrected chi connectivity index (χ0v) is 19.2. The van der Waals surface area contributed by atoms with E-state index in [0.717, 1.165) is 36.5 Å². The molecule has 0 saturated heterocycles. The Morgan fingerprint density at radius 2 is 1.81 bits per heavy atom. The van der Waals surface area contributed by atoms with Crippen LogP contribution >= 0.6 is 0 Å². The first kappa shape index (κ1) is 18.3. The van der Waals surface area contributed by atoms with Crippen molar-refractivity contribution in [3.63, 3.8) is 0 Å². The second-order valence-corrected chi connectivity index (χ2v) is 12.3. The Labute approximate surface area is 191 Å². The third-order valence-corrected chi connectivity index (χ3v) is 10.2. The Hall–Kier alpha value is -2.09. The summed E-state index contributed by atoms with van der Waals surface area (Å²) in [4.78, 5) is 4.49. The quantitative estimate of drug-likeness (QED) is 0.488. The molecule has 1 aliphatic heterocycles. The minimum atomic E-state index is 0.712. The third kappa shape index (κ3) is 2.56. The maximum absolute atomic E-state index is 4.49. The molecule has 2 nitrogen and oxygen atoms in total. The fourth-order valence-corrected chi connectivity index (χ4v) is 9.62. The van der Waals surface area contributed by atoms with Crippen LogP contribution in [0.15, 0.2) is 42.3 Å². The summed E-state index contributed by atoms with van der Waals surface area (Å²) >= 11 is 0. The molecule has 0 radical (unpaired) electrons. The van der Waals surface area contributed by atoms with Gasteiger partial charge in [0, 0.05) is 23.5 Å². The molecule has 32 heavy (non-hydrogen) atoms. The number of fused-ring (bicyclic) bond motifs is 4. The van der Waals surface area contributed by atoms with Gasteiger partial charge in [0.25, 0.3) is 0 Å². The summed E-state index contributed by atoms with van der Waals surface area (Å²) in [7, 11) is 0. The monoisotopic (exact) mass is 422 g/mol. The van der Waals surface area contributed by atoms with Gasteiger partial charge in [0.05, 0.1) is 11.2 Å². The van der Waals surface area contributed by atoms with E-state index in [-0.39, 0.29) is 0 Å². The summed E-state index contributed by atoms with van der Waals surface area (Å²) in [6.07, 6.45) is 28.6. The average Bonchev–Trinajstić information content (AvgIpc) is 3.02. The second kappa shape index (κ2) is 6.49. The van der Waals surface area contributed by atoms with Gasteiger partial charge in [-0.1, -0.05) is 18.2 Å². The lowest BCUT2D eigenvalue weighted by molar-refractivity contribution is -0.0659. The SMILES string of the molecule is C1=CC2=C(CCC(CC34CC5CC(CC(C5)C3)C4)C2)n2c3c(c4cnccc42)CCC=C13. The van der Waals surface area contributed by atoms with Crippen LogP contribution in [0.5, 0.6) is 0 Å². The molecule has 0 aromatic carbocycles. The van der Waals surface area contributed by atoms with Gasteiger partial charge in [-0.3, -0.25) is 4.98 Å². The van der Waals surface area contributed by atoms with Crippen molar-refractivity contribution in [3.05, 3.63) is 53.5 Å². The first-order valence-corrected chi connectivity index (χ1v) is 13.3. The molecule has 9 rings (SSSR count). The Kier molecular flexibility index (Phi) is 3.72. The summed E-state index contributed by atoms with van der Waals surface area (Å²) in [6, 6.07) is 2.25. The topological polar surface area (TPSA) is 17.8 Å². The first-order valence-electron chi connectivity index (χ1n) is 13.3. The van der Waals surface area contributed by atoms with Gasteiger partial charge in [-0.05, 0) is 129 Å². The molecule has 7 aliphatic rings. The summed E-state index contributed by atoms with van der Waals surface area (Å²) < 4.78 is 2.65. The fraction of sp³-hybridized carbons (Fsp3) is 0.567. The molecule has 4 fully saturated rings. The van der Waals surface area contributed by atoms with Crippen molar-refractivity contribution >= 4 is 22.2 Å². The highest BCUT2D eigenvalue weighted by Crippen LogP contribution is 2.63. The van der Waals surface area contributed by atoms with Crippen molar-refractivity contribution in [3.8, 4) is 0 Å². The van der Waals surface area contributed by atoms with E-state index in [1.54, 1.807) is 49.8 Å². The van der Waals surface area contributed by atoms with Crippen LogP contribution in [0, 0.1) is 29.1 Å². The minimum absolute atomic E-state index is 0.712. The van der Waals surface area contributed by atoms with Crippen molar-refractivity contribution in [2.24, 2.45) is 29.1 Å². The minimum Gasteiger partial charge on any atom is -0.312 e. The molecular weight excluding hydrogens is 388 g/mol. The van der Waals surface area contributed by atoms with Crippen LogP contribution in [-0.4, -0.2) is 9.55 Å². The van der Waals surface area contributed by atoms with E-state index in [9.17, 15) is 0 Å². The van der Waals surface area contributed by atoms with Crippen LogP contribution < -0.4 is 0 Å². The number of aryl methyl sites for hydroxylation is 1. The molecule has 1 atom stereocenters. The average molecular weight is 423 g/mol. The van der Waals surface area contributed by atoms with E-state index in [0.29, 0.717) is 5.41 Å². The lowest BCUT2D eigenvalue weighted by Gasteiger charge is -2.58. The first-order chi connectivity index (χ1) is 15.7. The van der Waals surface area contributed by atoms with Gasteiger partial charge in [-0.25, -0.2) is 0 Å². The largest absolute Gasteiger partial charge is 0.312 e. The van der Waals surface area contributed by atoms with Gasteiger partial charge in [0.1, 0.15) is 0 Å². The number of hydrogen-bond acceptors (Lipinski definition) is 1. The summed E-state index contributed by atoms with van der Waals surface area (Å²) in [5.41, 5.74) is 9.75. The molecule has 0 N–H and O–H groups in total. The van der Waals surface area contributed by atoms with Gasteiger partial charge >= 0.3 is 0 Å². The number of rotatable bonds is 2. The molecule has 2 aromatic heterocycles. The van der Waals surface area contributed by atoms with E-state index < -0.39 is 0 Å². The molecule has 4 saturated carbocycles. The van der Waals surface area contributed by atoms with Crippen LogP contribution in [0.2, 0.25) is 0 Å². The van der Waals surface area contributed by atoms with E-state index in [1.165, 1.54) is 53.4 Å². The highest BCUT2D eigenvalue weighted by atomic mass is 15.0. The van der Waals surface area contributed by atoms with Crippen LogP contribution in [-0.2, 0) is 6.42 Å². The van der Waals surface area contributed by atoms with Crippen molar-refractivity contribution in [1.29, 1.82) is 0 Å². The highest BCUT2D eigenvalue weighted by Gasteiger charge is 2.51. The van der Waals surface area contributed by atoms with Gasteiger partial charge in [0.2, 0.25) is 0 Å². The maximum Gasteiger partial charge on any atom is 0.0567 e. The highest BCUT2D eigenvalue weighted by molar-refractivity contribution is 5.96. The molecule has 2 heteroatoms. The van der Waals surface area contributed by atoms with Crippen LogP contribution in [0.3, 0.4) is 0 Å². The van der Waals surface area contributed by atoms with Gasteiger partial charge in [0.15, 0.2) is 0 Å². The molecule has 2 aromatic rings. The van der Waals surface area contributed by atoms with Crippen LogP contribution in [0.25, 0.3) is 22.2 Å². The lowest BCUT2D eigenvalue weighted by Crippen LogP contribution is -2.46. The molecule has 0 amide bonds. The fourth-order valence-electron chi connectivity index (χ4n) is 9.62. The van der Waals surface area contributed by atoms with Crippen molar-refractivity contribution in [2.45, 2.75) is 77.0 Å². The molecular formula is C30H34N2. The molecule has 0 spiro atoms. The third-order valence-electron chi connectivity index (χ3n) is 10.2. The van der Waals surface area contributed by atoms with E-state index in [2.05, 4.69) is 40.0 Å². The molecule has 6 aliphatic carbocycles. The van der Waals surface area contributed by atoms with Gasteiger partial charge < -0.3 is 4.57 Å². The number of hydrogen-bond donors (Lipinski definition) is 0. The number of pyridine rings is 1. The zero-order chi connectivity index (χ0) is 20.9. The van der Waals surface area contributed by atoms with Crippen LogP contribution in [0.1, 0.15) is 81.9 Å². The van der Waals surface area contributed by atoms with E-state index in [1.807, 2.05) is 6.20 Å². The van der Waals surface area contributed by atoms with E-state index in [4.69, 9.17) is 0 Å². The lowest BCUT2D eigenvalue weighted by atomic mass is 9.48. The molecule has 164 valence electrons. The molecule has 4 bridgehead atoms. The summed E-state index contributed by atoms with van der Waals surface area (Å²) in [5.74, 6) is 4.12. The van der Waals surface area contributed by atoms with Gasteiger partial charge in [-0.2, -0.15) is 0 Å². The summed E-state index contributed by atoms with van der Waals surface area (Å²) in [5, 5.41) is 1.38. The molecule has 3 heterocycles. The second-order valence-electron chi connectivity index (χ2n) is 12.3. The Balaban J connectivity index is 1.17. The maximum atomic E-state index is 4.49. The Morgan fingerprint density at radius 1 is 1.00 bits per heavy atom. The van der Waals surface area contributed by atoms with Gasteiger partial charge in [-0.15, -0.1) is 0 Å². The predicted octanol–water partition coefficient (Wildman–Crippen LogP) is 7.55. The van der Waals surface area contributed by atoms with Crippen LogP contribution in [0.4, 0.5) is 0 Å². The zero-order valence-electron chi connectivity index (χ0n) is 19.2. The smallest absolute Gasteiger partial charge is 0.0567 e. The predicted molar refractivity (Wildman–Crippen MR) is 131 cm³/mol. The normalized spacial score (nSPS) is 36.8. The standard InChI is InChI=1S/C30H34N2/c1-2-23-5-6-24-13-19(14-30-15-20-10-21(16-30)12-22(11-20)17-30)4-7-27(24)32-28-8-9-31-18-26(28)25(3-1)29(23)32/h2,5-6,8-9,18-22H,1,3-4,7,10-17H2. The van der Waals surface area contributed by atoms with Crippen molar-refractivity contribution < 1.29 is 0 Å². The Morgan fingerprint density at radius 3 is 2.62 bits per heavy atom. The number of aromatic nitrogens is 2.